The van der Waals surface area contributed by atoms with Crippen molar-refractivity contribution in [1.82, 2.24) is 14.3 Å². The highest BCUT2D eigenvalue weighted by Gasteiger charge is 2.17. The third kappa shape index (κ3) is 3.38. The van der Waals surface area contributed by atoms with Crippen molar-refractivity contribution < 1.29 is 5.11 Å². The van der Waals surface area contributed by atoms with Crippen molar-refractivity contribution in [3.8, 4) is 0 Å². The molecule has 0 aliphatic heterocycles. The van der Waals surface area contributed by atoms with Crippen LogP contribution in [-0.2, 0) is 13.1 Å². The average molecular weight is 467 g/mol. The Morgan fingerprint density at radius 2 is 1.56 bits per heavy atom. The summed E-state index contributed by atoms with van der Waals surface area (Å²) in [6.45, 7) is 4.79. The number of nitrogens with zero attached hydrogens (tertiary/aromatic N) is 3. The van der Waals surface area contributed by atoms with Crippen LogP contribution in [0.15, 0.2) is 40.9 Å². The summed E-state index contributed by atoms with van der Waals surface area (Å²) in [4.78, 5) is 0. The Kier molecular flexibility index (Phi) is 4.97. The topological polar surface area (TPSA) is 43.0 Å². The van der Waals surface area contributed by atoms with Crippen molar-refractivity contribution in [2.75, 3.05) is 0 Å². The van der Waals surface area contributed by atoms with Crippen LogP contribution in [0.2, 0.25) is 10.0 Å². The maximum absolute atomic E-state index is 10.8. The van der Waals surface area contributed by atoms with E-state index in [1.54, 1.807) is 0 Å². The highest BCUT2D eigenvalue weighted by Crippen LogP contribution is 2.33. The molecule has 0 fully saturated rings. The smallest absolute Gasteiger partial charge is 0.0914 e. The summed E-state index contributed by atoms with van der Waals surface area (Å²) in [5, 5.41) is 18.7. The monoisotopic (exact) mass is 465 g/mol. The van der Waals surface area contributed by atoms with Crippen LogP contribution in [0.25, 0.3) is 21.8 Å². The molecule has 27 heavy (non-hydrogen) atoms. The first kappa shape index (κ1) is 18.8. The number of aryl methyl sites for hydroxylation is 1. The number of hydrogen-bond donors (Lipinski definition) is 1. The molecule has 4 aromatic rings. The van der Waals surface area contributed by atoms with E-state index in [2.05, 4.69) is 25.6 Å². The van der Waals surface area contributed by atoms with Crippen molar-refractivity contribution in [2.24, 2.45) is 0 Å². The Morgan fingerprint density at radius 3 is 2.04 bits per heavy atom. The molecule has 1 N–H and O–H groups in total. The Bertz CT molecular complexity index is 1110. The zero-order chi connectivity index (χ0) is 19.3. The molecule has 0 spiro atoms. The second-order valence-electron chi connectivity index (χ2n) is 6.75. The molecule has 0 unspecified atom stereocenters. The molecule has 2 heterocycles. The lowest BCUT2D eigenvalue weighted by Crippen LogP contribution is -2.23. The fourth-order valence-corrected chi connectivity index (χ4v) is 4.19. The van der Waals surface area contributed by atoms with E-state index < -0.39 is 6.10 Å². The van der Waals surface area contributed by atoms with Gasteiger partial charge in [0.15, 0.2) is 0 Å². The van der Waals surface area contributed by atoms with Gasteiger partial charge in [-0.25, -0.2) is 0 Å². The van der Waals surface area contributed by atoms with Crippen molar-refractivity contribution in [3.63, 3.8) is 0 Å². The molecular formula is C20H18BrCl2N3O. The second-order valence-corrected chi connectivity index (χ2v) is 8.42. The van der Waals surface area contributed by atoms with Crippen LogP contribution in [-0.4, -0.2) is 25.6 Å². The fourth-order valence-electron chi connectivity index (χ4n) is 3.57. The highest BCUT2D eigenvalue weighted by molar-refractivity contribution is 9.10. The molecule has 1 atom stereocenters. The standard InChI is InChI=1S/C20H18BrCl2N3O/c1-11-20(21)12(2)26(24-11)10-15(27)9-25-18-5-3-13(22)7-16(18)17-8-14(23)4-6-19(17)25/h3-8,15,27H,9-10H2,1-2H3/t15-/m0/s1. The van der Waals surface area contributed by atoms with Gasteiger partial charge in [0, 0.05) is 37.5 Å². The number of hydrogen-bond acceptors (Lipinski definition) is 2. The Labute approximate surface area is 175 Å². The van der Waals surface area contributed by atoms with Gasteiger partial charge in [-0.1, -0.05) is 23.2 Å². The largest absolute Gasteiger partial charge is 0.389 e. The Morgan fingerprint density at radius 1 is 1.00 bits per heavy atom. The van der Waals surface area contributed by atoms with Crippen LogP contribution < -0.4 is 0 Å². The molecule has 0 aliphatic carbocycles. The van der Waals surface area contributed by atoms with Gasteiger partial charge in [0.25, 0.3) is 0 Å². The summed E-state index contributed by atoms with van der Waals surface area (Å²) in [5.41, 5.74) is 3.96. The molecule has 0 amide bonds. The van der Waals surface area contributed by atoms with Gasteiger partial charge in [-0.05, 0) is 66.2 Å². The predicted octanol–water partition coefficient (Wildman–Crippen LogP) is 5.74. The Hall–Kier alpha value is -1.53. The number of aliphatic hydroxyl groups excluding tert-OH is 1. The quantitative estimate of drug-likeness (QED) is 0.416. The van der Waals surface area contributed by atoms with Crippen LogP contribution in [0.3, 0.4) is 0 Å². The summed E-state index contributed by atoms with van der Waals surface area (Å²) >= 11 is 16.0. The molecule has 0 radical (unpaired) electrons. The van der Waals surface area contributed by atoms with Crippen molar-refractivity contribution >= 4 is 60.9 Å². The van der Waals surface area contributed by atoms with E-state index in [1.165, 1.54) is 0 Å². The SMILES string of the molecule is Cc1nn(C[C@@H](O)Cn2c3ccc(Cl)cc3c3cc(Cl)ccc32)c(C)c1Br. The van der Waals surface area contributed by atoms with Gasteiger partial charge in [0.1, 0.15) is 0 Å². The number of aromatic nitrogens is 3. The molecule has 0 aliphatic rings. The third-order valence-electron chi connectivity index (χ3n) is 4.86. The van der Waals surface area contributed by atoms with Gasteiger partial charge in [-0.2, -0.15) is 5.10 Å². The molecule has 2 aromatic heterocycles. The van der Waals surface area contributed by atoms with Crippen LogP contribution >= 0.6 is 39.1 Å². The first-order chi connectivity index (χ1) is 12.8. The molecule has 2 aromatic carbocycles. The van der Waals surface area contributed by atoms with E-state index in [4.69, 9.17) is 23.2 Å². The lowest BCUT2D eigenvalue weighted by molar-refractivity contribution is 0.132. The van der Waals surface area contributed by atoms with Gasteiger partial charge in [0.2, 0.25) is 0 Å². The number of benzene rings is 2. The van der Waals surface area contributed by atoms with Crippen LogP contribution in [0.5, 0.6) is 0 Å². The summed E-state index contributed by atoms with van der Waals surface area (Å²) in [7, 11) is 0. The minimum atomic E-state index is -0.597. The fraction of sp³-hybridized carbons (Fsp3) is 0.250. The summed E-state index contributed by atoms with van der Waals surface area (Å²) in [5.74, 6) is 0. The van der Waals surface area contributed by atoms with E-state index in [-0.39, 0.29) is 0 Å². The first-order valence-electron chi connectivity index (χ1n) is 8.59. The van der Waals surface area contributed by atoms with Gasteiger partial charge in [-0.15, -0.1) is 0 Å². The van der Waals surface area contributed by atoms with Crippen LogP contribution in [0, 0.1) is 13.8 Å². The lowest BCUT2D eigenvalue weighted by atomic mass is 10.1. The first-order valence-corrected chi connectivity index (χ1v) is 10.1. The number of rotatable bonds is 4. The minimum absolute atomic E-state index is 0.417. The summed E-state index contributed by atoms with van der Waals surface area (Å²) in [6.07, 6.45) is -0.597. The van der Waals surface area contributed by atoms with Gasteiger partial charge < -0.3 is 9.67 Å². The number of aliphatic hydroxyl groups is 1. The van der Waals surface area contributed by atoms with Crippen molar-refractivity contribution in [2.45, 2.75) is 33.0 Å². The summed E-state index contributed by atoms with van der Waals surface area (Å²) < 4.78 is 4.94. The van der Waals surface area contributed by atoms with E-state index in [0.29, 0.717) is 23.1 Å². The molecule has 0 saturated carbocycles. The predicted molar refractivity (Wildman–Crippen MR) is 115 cm³/mol. The van der Waals surface area contributed by atoms with E-state index in [1.807, 2.05) is 54.9 Å². The minimum Gasteiger partial charge on any atom is -0.389 e. The maximum atomic E-state index is 10.8. The Balaban J connectivity index is 1.75. The van der Waals surface area contributed by atoms with Crippen LogP contribution in [0.4, 0.5) is 0 Å². The number of fused-ring (bicyclic) bond motifs is 3. The van der Waals surface area contributed by atoms with Crippen molar-refractivity contribution in [1.29, 1.82) is 0 Å². The third-order valence-corrected chi connectivity index (χ3v) is 6.48. The zero-order valence-electron chi connectivity index (χ0n) is 14.9. The van der Waals surface area contributed by atoms with Crippen molar-refractivity contribution in [3.05, 3.63) is 62.3 Å². The number of halogens is 3. The van der Waals surface area contributed by atoms with Gasteiger partial charge in [-0.3, -0.25) is 4.68 Å². The molecule has 4 nitrogen and oxygen atoms in total. The highest BCUT2D eigenvalue weighted by atomic mass is 79.9. The maximum Gasteiger partial charge on any atom is 0.0914 e. The van der Waals surface area contributed by atoms with E-state index in [0.717, 1.165) is 37.7 Å². The molecular weight excluding hydrogens is 449 g/mol. The normalized spacial score (nSPS) is 13.0. The zero-order valence-corrected chi connectivity index (χ0v) is 18.0. The molecule has 7 heteroatoms. The lowest BCUT2D eigenvalue weighted by Gasteiger charge is -2.15. The average Bonchev–Trinajstić information content (AvgIpc) is 3.04. The van der Waals surface area contributed by atoms with Gasteiger partial charge >= 0.3 is 0 Å². The summed E-state index contributed by atoms with van der Waals surface area (Å²) in [6, 6.07) is 11.6. The second kappa shape index (κ2) is 7.13. The van der Waals surface area contributed by atoms with E-state index >= 15 is 0 Å². The van der Waals surface area contributed by atoms with Crippen LogP contribution in [0.1, 0.15) is 11.4 Å². The molecule has 140 valence electrons. The molecule has 0 bridgehead atoms. The molecule has 4 rings (SSSR count). The molecule has 0 saturated heterocycles. The van der Waals surface area contributed by atoms with E-state index in [9.17, 15) is 5.11 Å². The van der Waals surface area contributed by atoms with Gasteiger partial charge in [0.05, 0.1) is 29.4 Å².